The van der Waals surface area contributed by atoms with Crippen LogP contribution in [0, 0.1) is 5.82 Å². The van der Waals surface area contributed by atoms with Crippen LogP contribution in [-0.2, 0) is 13.0 Å². The summed E-state index contributed by atoms with van der Waals surface area (Å²) in [5.41, 5.74) is 3.47. The lowest BCUT2D eigenvalue weighted by Gasteiger charge is -2.23. The van der Waals surface area contributed by atoms with Crippen LogP contribution in [0.25, 0.3) is 0 Å². The molecular formula is C15H13ClFNO. The lowest BCUT2D eigenvalue weighted by Crippen LogP contribution is -2.16. The monoisotopic (exact) mass is 277 g/mol. The fraction of sp³-hybridized carbons (Fsp3) is 0.200. The van der Waals surface area contributed by atoms with Crippen molar-refractivity contribution >= 4 is 23.0 Å². The number of aliphatic hydroxyl groups is 1. The first-order chi connectivity index (χ1) is 9.20. The van der Waals surface area contributed by atoms with E-state index in [1.807, 2.05) is 11.0 Å². The fourth-order valence-corrected chi connectivity index (χ4v) is 2.87. The average Bonchev–Trinajstić information content (AvgIpc) is 2.81. The second-order valence-electron chi connectivity index (χ2n) is 4.58. The van der Waals surface area contributed by atoms with Crippen LogP contribution in [0.15, 0.2) is 36.4 Å². The third-order valence-corrected chi connectivity index (χ3v) is 3.76. The normalized spacial score (nSPS) is 13.7. The molecule has 0 spiro atoms. The maximum Gasteiger partial charge on any atom is 0.125 e. The standard InChI is InChI=1S/C15H13ClFNO/c16-13-3-1-2-11(9-19)15(13)18-7-6-10-4-5-12(17)8-14(10)18/h1-5,8,19H,6-7,9H2. The molecular weight excluding hydrogens is 265 g/mol. The van der Waals surface area contributed by atoms with E-state index in [2.05, 4.69) is 0 Å². The Bertz CT molecular complexity index is 630. The Labute approximate surface area is 116 Å². The molecule has 4 heteroatoms. The molecule has 0 atom stereocenters. The van der Waals surface area contributed by atoms with Crippen LogP contribution in [0.1, 0.15) is 11.1 Å². The van der Waals surface area contributed by atoms with Gasteiger partial charge in [-0.15, -0.1) is 0 Å². The summed E-state index contributed by atoms with van der Waals surface area (Å²) < 4.78 is 13.4. The van der Waals surface area contributed by atoms with Crippen molar-refractivity contribution in [3.05, 3.63) is 58.4 Å². The number of para-hydroxylation sites is 1. The van der Waals surface area contributed by atoms with E-state index in [-0.39, 0.29) is 12.4 Å². The van der Waals surface area contributed by atoms with E-state index in [9.17, 15) is 9.50 Å². The Morgan fingerprint density at radius 2 is 2.11 bits per heavy atom. The molecule has 98 valence electrons. The zero-order chi connectivity index (χ0) is 13.4. The number of halogens is 2. The van der Waals surface area contributed by atoms with Crippen molar-refractivity contribution in [3.63, 3.8) is 0 Å². The van der Waals surface area contributed by atoms with E-state index in [1.54, 1.807) is 18.2 Å². The van der Waals surface area contributed by atoms with Gasteiger partial charge in [0.15, 0.2) is 0 Å². The van der Waals surface area contributed by atoms with Crippen LogP contribution >= 0.6 is 11.6 Å². The number of nitrogens with zero attached hydrogens (tertiary/aromatic N) is 1. The minimum atomic E-state index is -0.261. The van der Waals surface area contributed by atoms with Gasteiger partial charge in [-0.1, -0.05) is 29.8 Å². The zero-order valence-corrected chi connectivity index (χ0v) is 11.0. The summed E-state index contributed by atoms with van der Waals surface area (Å²) in [6.45, 7) is 0.659. The van der Waals surface area contributed by atoms with Crippen molar-refractivity contribution in [1.82, 2.24) is 0 Å². The Hall–Kier alpha value is -1.58. The molecule has 0 unspecified atom stereocenters. The number of hydrogen-bond acceptors (Lipinski definition) is 2. The fourth-order valence-electron chi connectivity index (χ4n) is 2.57. The maximum absolute atomic E-state index is 13.4. The van der Waals surface area contributed by atoms with Gasteiger partial charge in [0.2, 0.25) is 0 Å². The highest BCUT2D eigenvalue weighted by Gasteiger charge is 2.24. The quantitative estimate of drug-likeness (QED) is 0.905. The van der Waals surface area contributed by atoms with Crippen molar-refractivity contribution in [2.45, 2.75) is 13.0 Å². The Kier molecular flexibility index (Phi) is 3.17. The van der Waals surface area contributed by atoms with Gasteiger partial charge in [0.1, 0.15) is 5.82 Å². The summed E-state index contributed by atoms with van der Waals surface area (Å²) >= 11 is 6.25. The summed E-state index contributed by atoms with van der Waals surface area (Å²) in [5, 5.41) is 10.0. The summed E-state index contributed by atoms with van der Waals surface area (Å²) in [5.74, 6) is -0.261. The summed E-state index contributed by atoms with van der Waals surface area (Å²) in [6.07, 6.45) is 0.853. The number of fused-ring (bicyclic) bond motifs is 1. The highest BCUT2D eigenvalue weighted by atomic mass is 35.5. The molecule has 0 bridgehead atoms. The molecule has 0 saturated carbocycles. The molecule has 0 radical (unpaired) electrons. The number of aliphatic hydroxyl groups excluding tert-OH is 1. The van der Waals surface area contributed by atoms with Gasteiger partial charge in [-0.25, -0.2) is 4.39 Å². The molecule has 0 saturated heterocycles. The second-order valence-corrected chi connectivity index (χ2v) is 4.99. The molecule has 2 aromatic carbocycles. The second kappa shape index (κ2) is 4.83. The van der Waals surface area contributed by atoms with Gasteiger partial charge in [0, 0.05) is 17.8 Å². The summed E-state index contributed by atoms with van der Waals surface area (Å²) in [7, 11) is 0. The Morgan fingerprint density at radius 3 is 2.89 bits per heavy atom. The highest BCUT2D eigenvalue weighted by molar-refractivity contribution is 6.33. The minimum absolute atomic E-state index is 0.0863. The first-order valence-corrected chi connectivity index (χ1v) is 6.52. The Balaban J connectivity index is 2.14. The lowest BCUT2D eigenvalue weighted by molar-refractivity contribution is 0.282. The minimum Gasteiger partial charge on any atom is -0.392 e. The summed E-state index contributed by atoms with van der Waals surface area (Å²) in [6, 6.07) is 10.2. The van der Waals surface area contributed by atoms with E-state index < -0.39 is 0 Å². The van der Waals surface area contributed by atoms with Crippen LogP contribution < -0.4 is 4.90 Å². The van der Waals surface area contributed by atoms with E-state index >= 15 is 0 Å². The van der Waals surface area contributed by atoms with Gasteiger partial charge >= 0.3 is 0 Å². The van der Waals surface area contributed by atoms with Crippen molar-refractivity contribution in [1.29, 1.82) is 0 Å². The third kappa shape index (κ3) is 2.09. The van der Waals surface area contributed by atoms with Gasteiger partial charge in [-0.05, 0) is 30.2 Å². The van der Waals surface area contributed by atoms with E-state index in [0.717, 1.165) is 35.5 Å². The van der Waals surface area contributed by atoms with Crippen molar-refractivity contribution in [2.24, 2.45) is 0 Å². The molecule has 0 fully saturated rings. The van der Waals surface area contributed by atoms with Crippen LogP contribution in [-0.4, -0.2) is 11.7 Å². The molecule has 1 aliphatic rings. The predicted molar refractivity (Wildman–Crippen MR) is 74.5 cm³/mol. The maximum atomic E-state index is 13.4. The van der Waals surface area contributed by atoms with Gasteiger partial charge in [-0.3, -0.25) is 0 Å². The number of hydrogen-bond donors (Lipinski definition) is 1. The molecule has 19 heavy (non-hydrogen) atoms. The molecule has 2 aromatic rings. The van der Waals surface area contributed by atoms with Crippen molar-refractivity contribution in [2.75, 3.05) is 11.4 Å². The molecule has 1 aliphatic heterocycles. The Morgan fingerprint density at radius 1 is 1.26 bits per heavy atom. The first kappa shape index (κ1) is 12.5. The van der Waals surface area contributed by atoms with Gasteiger partial charge in [-0.2, -0.15) is 0 Å². The third-order valence-electron chi connectivity index (χ3n) is 3.45. The smallest absolute Gasteiger partial charge is 0.125 e. The largest absolute Gasteiger partial charge is 0.392 e. The van der Waals surface area contributed by atoms with Crippen molar-refractivity contribution < 1.29 is 9.50 Å². The molecule has 3 rings (SSSR count). The molecule has 0 aliphatic carbocycles. The van der Waals surface area contributed by atoms with Crippen LogP contribution in [0.3, 0.4) is 0 Å². The molecule has 0 aromatic heterocycles. The summed E-state index contributed by atoms with van der Waals surface area (Å²) in [4.78, 5) is 1.98. The highest BCUT2D eigenvalue weighted by Crippen LogP contribution is 2.40. The number of anilines is 2. The van der Waals surface area contributed by atoms with Gasteiger partial charge < -0.3 is 10.0 Å². The van der Waals surface area contributed by atoms with E-state index in [1.165, 1.54) is 12.1 Å². The lowest BCUT2D eigenvalue weighted by atomic mass is 10.1. The topological polar surface area (TPSA) is 23.5 Å². The van der Waals surface area contributed by atoms with Gasteiger partial charge in [0.25, 0.3) is 0 Å². The van der Waals surface area contributed by atoms with Crippen LogP contribution in [0.2, 0.25) is 5.02 Å². The number of benzene rings is 2. The van der Waals surface area contributed by atoms with E-state index in [4.69, 9.17) is 11.6 Å². The van der Waals surface area contributed by atoms with Crippen molar-refractivity contribution in [3.8, 4) is 0 Å². The average molecular weight is 278 g/mol. The molecule has 2 nitrogen and oxygen atoms in total. The zero-order valence-electron chi connectivity index (χ0n) is 10.2. The van der Waals surface area contributed by atoms with E-state index in [0.29, 0.717) is 5.02 Å². The van der Waals surface area contributed by atoms with Gasteiger partial charge in [0.05, 0.1) is 17.3 Å². The predicted octanol–water partition coefficient (Wildman–Crippen LogP) is 3.67. The number of rotatable bonds is 2. The first-order valence-electron chi connectivity index (χ1n) is 6.15. The van der Waals surface area contributed by atoms with Crippen LogP contribution in [0.5, 0.6) is 0 Å². The molecule has 1 heterocycles. The SMILES string of the molecule is OCc1cccc(Cl)c1N1CCc2ccc(F)cc21. The molecule has 0 amide bonds. The van der Waals surface area contributed by atoms with Crippen LogP contribution in [0.4, 0.5) is 15.8 Å². The molecule has 1 N–H and O–H groups in total.